The summed E-state index contributed by atoms with van der Waals surface area (Å²) in [4.78, 5) is 21.8. The zero-order valence-electron chi connectivity index (χ0n) is 12.7. The maximum Gasteiger partial charge on any atom is 0.260 e. The lowest BCUT2D eigenvalue weighted by molar-refractivity contribution is 0.116. The van der Waals surface area contributed by atoms with Crippen LogP contribution in [0.5, 0.6) is 0 Å². The molecule has 3 rings (SSSR count). The lowest BCUT2D eigenvalue weighted by atomic mass is 10.0. The molecule has 0 aliphatic heterocycles. The molecule has 1 N–H and O–H groups in total. The maximum absolute atomic E-state index is 12.5. The number of hydrogen-bond donors (Lipinski definition) is 1. The lowest BCUT2D eigenvalue weighted by Crippen LogP contribution is -2.12. The second-order valence-electron chi connectivity index (χ2n) is 5.14. The number of nitrogens with zero attached hydrogens (tertiary/aromatic N) is 1. The molecule has 0 aliphatic rings. The van der Waals surface area contributed by atoms with E-state index in [0.29, 0.717) is 24.4 Å². The van der Waals surface area contributed by atoms with Crippen LogP contribution in [-0.4, -0.2) is 16.6 Å². The van der Waals surface area contributed by atoms with Gasteiger partial charge in [0.05, 0.1) is 5.39 Å². The van der Waals surface area contributed by atoms with Crippen molar-refractivity contribution in [2.75, 3.05) is 6.61 Å². The summed E-state index contributed by atoms with van der Waals surface area (Å²) in [5, 5.41) is 0.674. The van der Waals surface area contributed by atoms with Gasteiger partial charge >= 0.3 is 0 Å². The van der Waals surface area contributed by atoms with Crippen LogP contribution in [-0.2, 0) is 11.3 Å². The van der Waals surface area contributed by atoms with E-state index in [-0.39, 0.29) is 5.56 Å². The highest BCUT2D eigenvalue weighted by Crippen LogP contribution is 2.35. The average Bonchev–Trinajstić information content (AvgIpc) is 2.85. The molecule has 2 heterocycles. The Balaban J connectivity index is 2.09. The van der Waals surface area contributed by atoms with Crippen molar-refractivity contribution in [2.45, 2.75) is 26.9 Å². The number of hydrogen-bond acceptors (Lipinski definition) is 4. The fourth-order valence-electron chi connectivity index (χ4n) is 2.50. The molecule has 0 bridgehead atoms. The van der Waals surface area contributed by atoms with E-state index in [4.69, 9.17) is 4.74 Å². The van der Waals surface area contributed by atoms with E-state index < -0.39 is 0 Å². The third-order valence-corrected chi connectivity index (χ3v) is 4.44. The van der Waals surface area contributed by atoms with E-state index >= 15 is 0 Å². The van der Waals surface area contributed by atoms with Crippen LogP contribution >= 0.6 is 11.3 Å². The Morgan fingerprint density at radius 3 is 2.77 bits per heavy atom. The first-order chi connectivity index (χ1) is 10.7. The molecule has 0 atom stereocenters. The first kappa shape index (κ1) is 14.9. The van der Waals surface area contributed by atoms with Gasteiger partial charge < -0.3 is 9.72 Å². The Morgan fingerprint density at radius 2 is 2.05 bits per heavy atom. The number of aromatic nitrogens is 2. The van der Waals surface area contributed by atoms with Gasteiger partial charge in [0.2, 0.25) is 0 Å². The highest BCUT2D eigenvalue weighted by molar-refractivity contribution is 7.19. The maximum atomic E-state index is 12.5. The molecule has 0 saturated heterocycles. The molecule has 0 unspecified atom stereocenters. The van der Waals surface area contributed by atoms with Gasteiger partial charge in [-0.15, -0.1) is 11.3 Å². The van der Waals surface area contributed by atoms with Crippen molar-refractivity contribution in [1.29, 1.82) is 0 Å². The van der Waals surface area contributed by atoms with Gasteiger partial charge in [0.15, 0.2) is 0 Å². The van der Waals surface area contributed by atoms with Gasteiger partial charge in [0.25, 0.3) is 5.56 Å². The molecule has 1 aromatic carbocycles. The van der Waals surface area contributed by atoms with Crippen LogP contribution in [0.25, 0.3) is 21.3 Å². The summed E-state index contributed by atoms with van der Waals surface area (Å²) in [6, 6.07) is 9.97. The summed E-state index contributed by atoms with van der Waals surface area (Å²) >= 11 is 1.55. The molecule has 2 aromatic heterocycles. The zero-order valence-corrected chi connectivity index (χ0v) is 13.5. The van der Waals surface area contributed by atoms with Crippen LogP contribution in [0.4, 0.5) is 0 Å². The van der Waals surface area contributed by atoms with Crippen LogP contribution in [0.3, 0.4) is 0 Å². The monoisotopic (exact) mass is 314 g/mol. The first-order valence-electron chi connectivity index (χ1n) is 7.36. The fourth-order valence-corrected chi connectivity index (χ4v) is 3.56. The number of nitrogens with one attached hydrogen (secondary N) is 1. The molecular weight excluding hydrogens is 296 g/mol. The number of rotatable bonds is 5. The SMILES string of the molecule is CCCOCc1nc2sc(C)c(-c3ccccc3)c2c(=O)[nH]1. The molecule has 0 fully saturated rings. The smallest absolute Gasteiger partial charge is 0.260 e. The molecule has 0 radical (unpaired) electrons. The number of fused-ring (bicyclic) bond motifs is 1. The average molecular weight is 314 g/mol. The first-order valence-corrected chi connectivity index (χ1v) is 8.17. The minimum absolute atomic E-state index is 0.0942. The van der Waals surface area contributed by atoms with Gasteiger partial charge in [-0.1, -0.05) is 37.3 Å². The Bertz CT molecular complexity index is 837. The lowest BCUT2D eigenvalue weighted by Gasteiger charge is -2.03. The standard InChI is InChI=1S/C17H18N2O2S/c1-3-9-21-10-13-18-16(20)15-14(11(2)22-17(15)19-13)12-7-5-4-6-8-12/h4-8H,3,9-10H2,1-2H3,(H,18,19,20). The van der Waals surface area contributed by atoms with Crippen molar-refractivity contribution >= 4 is 21.6 Å². The van der Waals surface area contributed by atoms with E-state index in [1.807, 2.05) is 44.2 Å². The second-order valence-corrected chi connectivity index (χ2v) is 6.35. The molecule has 0 aliphatic carbocycles. The minimum atomic E-state index is -0.0942. The van der Waals surface area contributed by atoms with Crippen molar-refractivity contribution < 1.29 is 4.74 Å². The molecule has 0 spiro atoms. The molecule has 114 valence electrons. The summed E-state index contributed by atoms with van der Waals surface area (Å²) in [6.45, 7) is 5.09. The largest absolute Gasteiger partial charge is 0.374 e. The van der Waals surface area contributed by atoms with Crippen LogP contribution in [0, 0.1) is 6.92 Å². The van der Waals surface area contributed by atoms with Crippen molar-refractivity contribution in [2.24, 2.45) is 0 Å². The van der Waals surface area contributed by atoms with E-state index in [1.165, 1.54) is 0 Å². The van der Waals surface area contributed by atoms with Gasteiger partial charge in [-0.2, -0.15) is 0 Å². The van der Waals surface area contributed by atoms with Crippen LogP contribution in [0.2, 0.25) is 0 Å². The highest BCUT2D eigenvalue weighted by atomic mass is 32.1. The number of H-pyrrole nitrogens is 1. The molecule has 3 aromatic rings. The summed E-state index contributed by atoms with van der Waals surface area (Å²) < 4.78 is 5.47. The highest BCUT2D eigenvalue weighted by Gasteiger charge is 2.16. The van der Waals surface area contributed by atoms with Crippen molar-refractivity contribution in [3.63, 3.8) is 0 Å². The molecular formula is C17H18N2O2S. The number of aryl methyl sites for hydroxylation is 1. The molecule has 4 nitrogen and oxygen atoms in total. The van der Waals surface area contributed by atoms with E-state index in [2.05, 4.69) is 9.97 Å². The topological polar surface area (TPSA) is 55.0 Å². The number of ether oxygens (including phenoxy) is 1. The minimum Gasteiger partial charge on any atom is -0.374 e. The van der Waals surface area contributed by atoms with Crippen molar-refractivity contribution in [1.82, 2.24) is 9.97 Å². The summed E-state index contributed by atoms with van der Waals surface area (Å²) in [5.41, 5.74) is 1.94. The Morgan fingerprint density at radius 1 is 1.27 bits per heavy atom. The van der Waals surface area contributed by atoms with Crippen LogP contribution in [0.15, 0.2) is 35.1 Å². The fraction of sp³-hybridized carbons (Fsp3) is 0.294. The third kappa shape index (κ3) is 2.82. The van der Waals surface area contributed by atoms with Crippen LogP contribution in [0.1, 0.15) is 24.0 Å². The normalized spacial score (nSPS) is 11.2. The molecule has 22 heavy (non-hydrogen) atoms. The zero-order chi connectivity index (χ0) is 15.5. The summed E-state index contributed by atoms with van der Waals surface area (Å²) in [6.07, 6.45) is 0.947. The van der Waals surface area contributed by atoms with E-state index in [9.17, 15) is 4.79 Å². The Kier molecular flexibility index (Phi) is 4.36. The summed E-state index contributed by atoms with van der Waals surface area (Å²) in [7, 11) is 0. The number of benzene rings is 1. The van der Waals surface area contributed by atoms with Crippen molar-refractivity contribution in [3.05, 3.63) is 51.4 Å². The predicted octanol–water partition coefficient (Wildman–Crippen LogP) is 3.89. The molecule has 0 amide bonds. The van der Waals surface area contributed by atoms with Gasteiger partial charge in [-0.3, -0.25) is 4.79 Å². The van der Waals surface area contributed by atoms with Crippen LogP contribution < -0.4 is 5.56 Å². The van der Waals surface area contributed by atoms with Crippen molar-refractivity contribution in [3.8, 4) is 11.1 Å². The Hall–Kier alpha value is -1.98. The molecule has 0 saturated carbocycles. The molecule has 5 heteroatoms. The van der Waals surface area contributed by atoms with Gasteiger partial charge in [0, 0.05) is 17.0 Å². The third-order valence-electron chi connectivity index (χ3n) is 3.44. The Labute approximate surface area is 132 Å². The number of aromatic amines is 1. The van der Waals surface area contributed by atoms with E-state index in [1.54, 1.807) is 11.3 Å². The second kappa shape index (κ2) is 6.42. The predicted molar refractivity (Wildman–Crippen MR) is 90.4 cm³/mol. The van der Waals surface area contributed by atoms with E-state index in [0.717, 1.165) is 27.3 Å². The quantitative estimate of drug-likeness (QED) is 0.727. The number of thiophene rings is 1. The van der Waals surface area contributed by atoms with Gasteiger partial charge in [-0.25, -0.2) is 4.98 Å². The summed E-state index contributed by atoms with van der Waals surface area (Å²) in [5.74, 6) is 0.590. The van der Waals surface area contributed by atoms with Gasteiger partial charge in [0.1, 0.15) is 17.3 Å². The van der Waals surface area contributed by atoms with Gasteiger partial charge in [-0.05, 0) is 18.9 Å².